The topological polar surface area (TPSA) is 98.2 Å². The van der Waals surface area contributed by atoms with Gasteiger partial charge in [0.05, 0.1) is 11.4 Å². The normalized spacial score (nSPS) is 14.3. The first-order chi connectivity index (χ1) is 17.4. The van der Waals surface area contributed by atoms with Crippen LogP contribution in [0.1, 0.15) is 35.1 Å². The van der Waals surface area contributed by atoms with E-state index < -0.39 is 11.9 Å². The quantitative estimate of drug-likeness (QED) is 0.529. The molecule has 0 saturated carbocycles. The minimum Gasteiger partial charge on any atom is -0.473 e. The van der Waals surface area contributed by atoms with Gasteiger partial charge in [0.15, 0.2) is 0 Å². The van der Waals surface area contributed by atoms with Crippen LogP contribution in [-0.2, 0) is 40.2 Å². The molecule has 0 saturated heterocycles. The van der Waals surface area contributed by atoms with E-state index in [9.17, 15) is 4.79 Å². The van der Waals surface area contributed by atoms with Crippen molar-refractivity contribution < 1.29 is 24.6 Å². The summed E-state index contributed by atoms with van der Waals surface area (Å²) in [5.41, 5.74) is 7.54. The fourth-order valence-corrected chi connectivity index (χ4v) is 4.86. The highest BCUT2D eigenvalue weighted by atomic mass is 16.4. The number of hydrogen-bond donors (Lipinski definition) is 2. The predicted molar refractivity (Wildman–Crippen MR) is 137 cm³/mol. The summed E-state index contributed by atoms with van der Waals surface area (Å²) >= 11 is 0. The lowest BCUT2D eigenvalue weighted by molar-refractivity contribution is -0.159. The summed E-state index contributed by atoms with van der Waals surface area (Å²) in [7, 11) is 0. The first kappa shape index (κ1) is 25.1. The molecule has 2 aliphatic heterocycles. The number of para-hydroxylation sites is 2. The summed E-state index contributed by atoms with van der Waals surface area (Å²) in [5.74, 6) is -3.45. The number of carboxylic acid groups (broad SMARTS) is 2. The van der Waals surface area contributed by atoms with E-state index in [1.54, 1.807) is 0 Å². The number of benzene rings is 3. The van der Waals surface area contributed by atoms with E-state index in [1.165, 1.54) is 22.3 Å². The molecule has 0 spiro atoms. The minimum absolute atomic E-state index is 0.203. The van der Waals surface area contributed by atoms with E-state index in [0.717, 1.165) is 56.7 Å². The van der Waals surface area contributed by atoms with Crippen LogP contribution in [0, 0.1) is 0 Å². The Bertz CT molecular complexity index is 1200. The fraction of sp³-hybridized carbons (Fsp3) is 0.276. The summed E-state index contributed by atoms with van der Waals surface area (Å²) in [5, 5.41) is 14.8. The van der Waals surface area contributed by atoms with Gasteiger partial charge in [-0.3, -0.25) is 14.6 Å². The molecule has 1 amide bonds. The summed E-state index contributed by atoms with van der Waals surface area (Å²) in [4.78, 5) is 36.1. The molecule has 3 aromatic carbocycles. The molecule has 0 bridgehead atoms. The largest absolute Gasteiger partial charge is 0.473 e. The molecule has 0 fully saturated rings. The Morgan fingerprint density at radius 2 is 1.17 bits per heavy atom. The van der Waals surface area contributed by atoms with Gasteiger partial charge in [0, 0.05) is 19.5 Å². The zero-order valence-corrected chi connectivity index (χ0v) is 20.1. The Morgan fingerprint density at radius 3 is 1.72 bits per heavy atom. The average Bonchev–Trinajstić information content (AvgIpc) is 3.06. The van der Waals surface area contributed by atoms with Crippen molar-refractivity contribution in [2.75, 3.05) is 18.0 Å². The van der Waals surface area contributed by atoms with Gasteiger partial charge < -0.3 is 10.2 Å². The van der Waals surface area contributed by atoms with E-state index in [1.807, 2.05) is 17.0 Å². The molecule has 7 nitrogen and oxygen atoms in total. The lowest BCUT2D eigenvalue weighted by Crippen LogP contribution is -2.32. The third kappa shape index (κ3) is 5.98. The van der Waals surface area contributed by atoms with Crippen molar-refractivity contribution in [3.8, 4) is 0 Å². The zero-order chi connectivity index (χ0) is 25.5. The number of amides is 1. The monoisotopic (exact) mass is 486 g/mol. The van der Waals surface area contributed by atoms with Crippen LogP contribution in [0.2, 0.25) is 0 Å². The number of aliphatic carboxylic acids is 2. The van der Waals surface area contributed by atoms with Gasteiger partial charge in [0.25, 0.3) is 0 Å². The Balaban J connectivity index is 0.000000455. The Hall–Kier alpha value is -3.97. The molecule has 0 aromatic heterocycles. The number of carbonyl (C=O) groups excluding carboxylic acids is 1. The standard InChI is InChI=1S/C27H28N2O.C2H2O4/c30-27(14-7-18-28-19-17-21-8-1-2-11-24(21)20-28)29-25-12-5-3-9-22(25)15-16-23-10-4-6-13-26(23)29;3-1(4)2(5)6/h1-6,8-13H,7,14-20H2;(H,3,4)(H,5,6). The predicted octanol–water partition coefficient (Wildman–Crippen LogP) is 4.44. The van der Waals surface area contributed by atoms with Crippen LogP contribution in [0.4, 0.5) is 11.4 Å². The number of fused-ring (bicyclic) bond motifs is 3. The molecule has 3 aromatic rings. The van der Waals surface area contributed by atoms with Crippen molar-refractivity contribution >= 4 is 29.2 Å². The second-order valence-electron chi connectivity index (χ2n) is 9.00. The van der Waals surface area contributed by atoms with E-state index in [0.29, 0.717) is 6.42 Å². The smallest absolute Gasteiger partial charge is 0.414 e. The molecular weight excluding hydrogens is 456 g/mol. The van der Waals surface area contributed by atoms with Crippen molar-refractivity contribution in [2.45, 2.75) is 38.6 Å². The van der Waals surface area contributed by atoms with Crippen molar-refractivity contribution in [3.05, 3.63) is 95.1 Å². The summed E-state index contributed by atoms with van der Waals surface area (Å²) in [6.07, 6.45) is 4.52. The zero-order valence-electron chi connectivity index (χ0n) is 20.1. The Kier molecular flexibility index (Phi) is 8.13. The molecule has 2 N–H and O–H groups in total. The molecule has 36 heavy (non-hydrogen) atoms. The second kappa shape index (κ2) is 11.6. The summed E-state index contributed by atoms with van der Waals surface area (Å²) in [6.45, 7) is 3.05. The number of rotatable bonds is 4. The van der Waals surface area contributed by atoms with Gasteiger partial charge in [-0.2, -0.15) is 0 Å². The molecule has 2 heterocycles. The maximum absolute atomic E-state index is 13.4. The second-order valence-corrected chi connectivity index (χ2v) is 9.00. The van der Waals surface area contributed by atoms with Crippen molar-refractivity contribution in [2.24, 2.45) is 0 Å². The third-order valence-electron chi connectivity index (χ3n) is 6.64. The van der Waals surface area contributed by atoms with Crippen LogP contribution in [0.3, 0.4) is 0 Å². The van der Waals surface area contributed by atoms with Crippen LogP contribution >= 0.6 is 0 Å². The van der Waals surface area contributed by atoms with E-state index in [4.69, 9.17) is 19.8 Å². The maximum atomic E-state index is 13.4. The van der Waals surface area contributed by atoms with E-state index in [2.05, 4.69) is 65.6 Å². The van der Waals surface area contributed by atoms with Crippen LogP contribution in [0.15, 0.2) is 72.8 Å². The van der Waals surface area contributed by atoms with E-state index in [-0.39, 0.29) is 5.91 Å². The Morgan fingerprint density at radius 1 is 0.667 bits per heavy atom. The lowest BCUT2D eigenvalue weighted by Gasteiger charge is -2.29. The van der Waals surface area contributed by atoms with Crippen LogP contribution in [-0.4, -0.2) is 46.0 Å². The molecule has 186 valence electrons. The molecule has 7 heteroatoms. The molecule has 0 atom stereocenters. The molecule has 0 radical (unpaired) electrons. The molecule has 0 aliphatic carbocycles. The fourth-order valence-electron chi connectivity index (χ4n) is 4.86. The number of aryl methyl sites for hydroxylation is 2. The maximum Gasteiger partial charge on any atom is 0.414 e. The van der Waals surface area contributed by atoms with Gasteiger partial charge >= 0.3 is 11.9 Å². The van der Waals surface area contributed by atoms with Crippen LogP contribution in [0.5, 0.6) is 0 Å². The molecule has 5 rings (SSSR count). The first-order valence-corrected chi connectivity index (χ1v) is 12.2. The first-order valence-electron chi connectivity index (χ1n) is 12.2. The Labute approximate surface area is 210 Å². The lowest BCUT2D eigenvalue weighted by atomic mass is 10.00. The van der Waals surface area contributed by atoms with Gasteiger partial charge in [-0.1, -0.05) is 60.7 Å². The highest BCUT2D eigenvalue weighted by molar-refractivity contribution is 6.27. The van der Waals surface area contributed by atoms with Crippen molar-refractivity contribution in [3.63, 3.8) is 0 Å². The number of carboxylic acids is 2. The highest BCUT2D eigenvalue weighted by Crippen LogP contribution is 2.36. The van der Waals surface area contributed by atoms with E-state index >= 15 is 0 Å². The van der Waals surface area contributed by atoms with Gasteiger partial charge in [0.2, 0.25) is 5.91 Å². The average molecular weight is 487 g/mol. The van der Waals surface area contributed by atoms with Gasteiger partial charge in [0.1, 0.15) is 0 Å². The summed E-state index contributed by atoms with van der Waals surface area (Å²) in [6, 6.07) is 25.5. The highest BCUT2D eigenvalue weighted by Gasteiger charge is 2.25. The van der Waals surface area contributed by atoms with Crippen molar-refractivity contribution in [1.82, 2.24) is 4.90 Å². The number of hydrogen-bond acceptors (Lipinski definition) is 4. The number of nitrogens with zero attached hydrogens (tertiary/aromatic N) is 2. The van der Waals surface area contributed by atoms with Crippen LogP contribution in [0.25, 0.3) is 0 Å². The molecule has 2 aliphatic rings. The van der Waals surface area contributed by atoms with Gasteiger partial charge in [-0.25, -0.2) is 9.59 Å². The number of anilines is 2. The third-order valence-corrected chi connectivity index (χ3v) is 6.64. The van der Waals surface area contributed by atoms with Gasteiger partial charge in [-0.15, -0.1) is 0 Å². The van der Waals surface area contributed by atoms with Crippen molar-refractivity contribution in [1.29, 1.82) is 0 Å². The summed E-state index contributed by atoms with van der Waals surface area (Å²) < 4.78 is 0. The van der Waals surface area contributed by atoms with Crippen LogP contribution < -0.4 is 4.90 Å². The number of carbonyl (C=O) groups is 3. The van der Waals surface area contributed by atoms with Gasteiger partial charge in [-0.05, 0) is 66.6 Å². The SMILES string of the molecule is O=C(CCCN1CCc2ccccc2C1)N1c2ccccc2CCc2ccccc21.O=C(O)C(=O)O. The molecule has 0 unspecified atom stereocenters. The minimum atomic E-state index is -1.82. The molecular formula is C29H30N2O5.